The van der Waals surface area contributed by atoms with Gasteiger partial charge < -0.3 is 4.74 Å². The molecule has 0 amide bonds. The van der Waals surface area contributed by atoms with Crippen molar-refractivity contribution in [2.45, 2.75) is 0 Å². The lowest BCUT2D eigenvalue weighted by Gasteiger charge is -2.26. The van der Waals surface area contributed by atoms with Crippen molar-refractivity contribution in [2.24, 2.45) is 5.41 Å². The van der Waals surface area contributed by atoms with Crippen LogP contribution in [0.2, 0.25) is 5.02 Å². The van der Waals surface area contributed by atoms with Crippen LogP contribution in [0.4, 0.5) is 0 Å². The molecule has 1 rings (SSSR count). The summed E-state index contributed by atoms with van der Waals surface area (Å²) in [6, 6.07) is 6.43. The van der Waals surface area contributed by atoms with Crippen LogP contribution in [0, 0.1) is 5.41 Å². The second-order valence-electron chi connectivity index (χ2n) is 3.98. The smallest absolute Gasteiger partial charge is 0.338 e. The molecule has 100 valence electrons. The number of carbonyl (C=O) groups excluding carboxylic acids is 1. The number of alkyl halides is 3. The van der Waals surface area contributed by atoms with E-state index in [9.17, 15) is 4.79 Å². The summed E-state index contributed by atoms with van der Waals surface area (Å²) in [7, 11) is 0. The third-order valence-electron chi connectivity index (χ3n) is 2.44. The standard InChI is InChI=1S/C12H12Cl4O2/c13-5-12(6-14,7-15)8-18-11(17)9-1-3-10(16)4-2-9/h1-4H,5-8H2. The van der Waals surface area contributed by atoms with Gasteiger partial charge >= 0.3 is 5.97 Å². The predicted octanol–water partition coefficient (Wildman–Crippen LogP) is 4.20. The van der Waals surface area contributed by atoms with Crippen LogP contribution in [0.1, 0.15) is 10.4 Å². The summed E-state index contributed by atoms with van der Waals surface area (Å²) >= 11 is 23.1. The highest BCUT2D eigenvalue weighted by Gasteiger charge is 2.29. The molecule has 0 saturated carbocycles. The molecule has 6 heteroatoms. The van der Waals surface area contributed by atoms with E-state index < -0.39 is 11.4 Å². The molecule has 0 atom stereocenters. The molecule has 0 bridgehead atoms. The molecule has 0 aliphatic heterocycles. The molecule has 2 nitrogen and oxygen atoms in total. The molecule has 0 aliphatic rings. The molecule has 0 fully saturated rings. The van der Waals surface area contributed by atoms with Gasteiger partial charge in [-0.05, 0) is 24.3 Å². The van der Waals surface area contributed by atoms with E-state index in [0.29, 0.717) is 10.6 Å². The highest BCUT2D eigenvalue weighted by atomic mass is 35.5. The van der Waals surface area contributed by atoms with Gasteiger partial charge in [-0.2, -0.15) is 0 Å². The zero-order valence-electron chi connectivity index (χ0n) is 9.47. The summed E-state index contributed by atoms with van der Waals surface area (Å²) in [6.07, 6.45) is 0. The van der Waals surface area contributed by atoms with Gasteiger partial charge in [-0.1, -0.05) is 11.6 Å². The summed E-state index contributed by atoms with van der Waals surface area (Å²) < 4.78 is 5.17. The first kappa shape index (κ1) is 15.9. The molecular formula is C12H12Cl4O2. The Labute approximate surface area is 126 Å². The summed E-state index contributed by atoms with van der Waals surface area (Å²) in [4.78, 5) is 11.8. The quantitative estimate of drug-likeness (QED) is 0.577. The van der Waals surface area contributed by atoms with Crippen molar-refractivity contribution in [3.05, 3.63) is 34.9 Å². The van der Waals surface area contributed by atoms with Gasteiger partial charge in [0.25, 0.3) is 0 Å². The van der Waals surface area contributed by atoms with Crippen LogP contribution < -0.4 is 0 Å². The fourth-order valence-corrected chi connectivity index (χ4v) is 2.33. The fraction of sp³-hybridized carbons (Fsp3) is 0.417. The molecule has 0 N–H and O–H groups in total. The van der Waals surface area contributed by atoms with Gasteiger partial charge in [-0.3, -0.25) is 0 Å². The minimum Gasteiger partial charge on any atom is -0.461 e. The van der Waals surface area contributed by atoms with E-state index in [1.807, 2.05) is 0 Å². The van der Waals surface area contributed by atoms with Crippen LogP contribution in [0.25, 0.3) is 0 Å². The Morgan fingerprint density at radius 1 is 1.06 bits per heavy atom. The Hall–Kier alpha value is -0.150. The molecule has 18 heavy (non-hydrogen) atoms. The highest BCUT2D eigenvalue weighted by molar-refractivity contribution is 6.30. The lowest BCUT2D eigenvalue weighted by molar-refractivity contribution is 0.0380. The van der Waals surface area contributed by atoms with Crippen molar-refractivity contribution in [3.63, 3.8) is 0 Å². The first-order chi connectivity index (χ1) is 8.56. The molecule has 0 saturated heterocycles. The molecular weight excluding hydrogens is 318 g/mol. The molecule has 0 unspecified atom stereocenters. The van der Waals surface area contributed by atoms with E-state index in [1.54, 1.807) is 24.3 Å². The van der Waals surface area contributed by atoms with Gasteiger partial charge in [0.05, 0.1) is 5.56 Å². The second-order valence-corrected chi connectivity index (χ2v) is 5.22. The number of ether oxygens (including phenoxy) is 1. The number of carbonyl (C=O) groups is 1. The Kier molecular flexibility index (Phi) is 6.58. The Balaban J connectivity index is 2.63. The average Bonchev–Trinajstić information content (AvgIpc) is 2.41. The van der Waals surface area contributed by atoms with Gasteiger partial charge in [0.15, 0.2) is 0 Å². The summed E-state index contributed by atoms with van der Waals surface area (Å²) in [5.41, 5.74) is -0.167. The summed E-state index contributed by atoms with van der Waals surface area (Å²) in [6.45, 7) is 0.0883. The number of esters is 1. The number of hydrogen-bond donors (Lipinski definition) is 0. The second kappa shape index (κ2) is 7.44. The minimum atomic E-state index is -0.591. The topological polar surface area (TPSA) is 26.3 Å². The van der Waals surface area contributed by atoms with Crippen LogP contribution in [0.3, 0.4) is 0 Å². The van der Waals surface area contributed by atoms with Gasteiger partial charge in [-0.15, -0.1) is 34.8 Å². The van der Waals surface area contributed by atoms with Gasteiger partial charge in [0, 0.05) is 28.1 Å². The number of rotatable bonds is 6. The third-order valence-corrected chi connectivity index (χ3v) is 4.39. The predicted molar refractivity (Wildman–Crippen MR) is 76.3 cm³/mol. The molecule has 1 aromatic rings. The lowest BCUT2D eigenvalue weighted by atomic mass is 9.97. The van der Waals surface area contributed by atoms with E-state index in [1.165, 1.54) is 0 Å². The zero-order chi connectivity index (χ0) is 13.6. The largest absolute Gasteiger partial charge is 0.461 e. The first-order valence-corrected chi connectivity index (χ1v) is 7.15. The Morgan fingerprint density at radius 2 is 1.56 bits per heavy atom. The minimum absolute atomic E-state index is 0.0883. The SMILES string of the molecule is O=C(OCC(CCl)(CCl)CCl)c1ccc(Cl)cc1. The van der Waals surface area contributed by atoms with E-state index in [-0.39, 0.29) is 24.2 Å². The van der Waals surface area contributed by atoms with E-state index in [4.69, 9.17) is 51.1 Å². The van der Waals surface area contributed by atoms with Crippen LogP contribution in [-0.2, 0) is 4.74 Å². The van der Waals surface area contributed by atoms with Crippen LogP contribution in [0.5, 0.6) is 0 Å². The fourth-order valence-electron chi connectivity index (χ4n) is 1.11. The molecule has 0 aromatic heterocycles. The van der Waals surface area contributed by atoms with E-state index in [0.717, 1.165) is 0 Å². The van der Waals surface area contributed by atoms with Crippen molar-refractivity contribution in [1.82, 2.24) is 0 Å². The molecule has 0 heterocycles. The monoisotopic (exact) mass is 328 g/mol. The van der Waals surface area contributed by atoms with Crippen molar-refractivity contribution in [1.29, 1.82) is 0 Å². The van der Waals surface area contributed by atoms with Crippen LogP contribution in [-0.4, -0.2) is 30.2 Å². The highest BCUT2D eigenvalue weighted by Crippen LogP contribution is 2.24. The van der Waals surface area contributed by atoms with Crippen molar-refractivity contribution >= 4 is 52.4 Å². The maximum Gasteiger partial charge on any atom is 0.338 e. The Bertz CT molecular complexity index is 379. The van der Waals surface area contributed by atoms with Crippen molar-refractivity contribution < 1.29 is 9.53 Å². The van der Waals surface area contributed by atoms with Gasteiger partial charge in [0.1, 0.15) is 6.61 Å². The third kappa shape index (κ3) is 4.20. The number of benzene rings is 1. The molecule has 0 spiro atoms. The Morgan fingerprint density at radius 3 is 2.00 bits per heavy atom. The van der Waals surface area contributed by atoms with Crippen LogP contribution >= 0.6 is 46.4 Å². The lowest BCUT2D eigenvalue weighted by Crippen LogP contribution is -2.34. The zero-order valence-corrected chi connectivity index (χ0v) is 12.5. The van der Waals surface area contributed by atoms with Crippen LogP contribution in [0.15, 0.2) is 24.3 Å². The van der Waals surface area contributed by atoms with Gasteiger partial charge in [0.2, 0.25) is 0 Å². The summed E-state index contributed by atoms with van der Waals surface area (Å²) in [5, 5.41) is 0.558. The van der Waals surface area contributed by atoms with Crippen molar-refractivity contribution in [2.75, 3.05) is 24.2 Å². The van der Waals surface area contributed by atoms with Gasteiger partial charge in [-0.25, -0.2) is 4.79 Å². The maximum atomic E-state index is 11.8. The first-order valence-electron chi connectivity index (χ1n) is 5.17. The van der Waals surface area contributed by atoms with Crippen molar-refractivity contribution in [3.8, 4) is 0 Å². The average molecular weight is 330 g/mol. The molecule has 1 aromatic carbocycles. The maximum absolute atomic E-state index is 11.8. The summed E-state index contributed by atoms with van der Waals surface area (Å²) in [5.74, 6) is 0.242. The number of hydrogen-bond acceptors (Lipinski definition) is 2. The molecule has 0 radical (unpaired) electrons. The normalized spacial score (nSPS) is 11.3. The van der Waals surface area contributed by atoms with E-state index in [2.05, 4.69) is 0 Å². The number of halogens is 4. The van der Waals surface area contributed by atoms with E-state index >= 15 is 0 Å². The molecule has 0 aliphatic carbocycles.